The van der Waals surface area contributed by atoms with Gasteiger partial charge in [0.1, 0.15) is 0 Å². The zero-order chi connectivity index (χ0) is 11.4. The molecule has 14 heavy (non-hydrogen) atoms. The van der Waals surface area contributed by atoms with E-state index in [0.29, 0.717) is 18.4 Å². The maximum absolute atomic E-state index is 10.7. The van der Waals surface area contributed by atoms with E-state index in [2.05, 4.69) is 0 Å². The van der Waals surface area contributed by atoms with Gasteiger partial charge in [-0.1, -0.05) is 29.1 Å². The number of nitrogens with zero attached hydrogens (tertiary/aromatic N) is 1. The minimum Gasteiger partial charge on any atom is -0.312 e. The fourth-order valence-corrected chi connectivity index (χ4v) is 4.08. The van der Waals surface area contributed by atoms with Crippen LogP contribution in [0.3, 0.4) is 0 Å². The van der Waals surface area contributed by atoms with Crippen molar-refractivity contribution in [2.45, 2.75) is 19.8 Å². The van der Waals surface area contributed by atoms with Crippen molar-refractivity contribution in [3.05, 3.63) is 0 Å². The molecular weight excluding hydrogens is 252 g/mol. The number of hydrogen-bond donors (Lipinski definition) is 4. The molecule has 0 aliphatic carbocycles. The van der Waals surface area contributed by atoms with Crippen molar-refractivity contribution in [1.29, 1.82) is 0 Å². The van der Waals surface area contributed by atoms with E-state index in [4.69, 9.17) is 19.6 Å². The van der Waals surface area contributed by atoms with Crippen molar-refractivity contribution in [3.63, 3.8) is 0 Å². The Balaban J connectivity index is 4.45. The van der Waals surface area contributed by atoms with E-state index in [1.807, 2.05) is 6.92 Å². The average Bonchev–Trinajstić information content (AvgIpc) is 1.92. The Labute approximate surface area is 86.1 Å². The molecule has 0 aromatic carbocycles. The van der Waals surface area contributed by atoms with Gasteiger partial charge in [0, 0.05) is 5.75 Å². The minimum absolute atomic E-state index is 0.143. The van der Waals surface area contributed by atoms with Crippen LogP contribution in [0.15, 0.2) is 0 Å². The van der Waals surface area contributed by atoms with E-state index < -0.39 is 15.5 Å². The summed E-state index contributed by atoms with van der Waals surface area (Å²) in [5.74, 6) is 0.257. The highest BCUT2D eigenvalue weighted by Gasteiger charge is 2.40. The summed E-state index contributed by atoms with van der Waals surface area (Å²) >= 11 is 0.467. The Morgan fingerprint density at radius 1 is 1.14 bits per heavy atom. The zero-order valence-electron chi connectivity index (χ0n) is 7.48. The predicted molar refractivity (Wildman–Crippen MR) is 53.3 cm³/mol. The van der Waals surface area contributed by atoms with Gasteiger partial charge in [-0.15, -0.1) is 0 Å². The summed E-state index contributed by atoms with van der Waals surface area (Å²) in [5.41, 5.74) is 0. The molecule has 0 unspecified atom stereocenters. The summed E-state index contributed by atoms with van der Waals surface area (Å²) in [7, 11) is -9.81. The Kier molecular flexibility index (Phi) is 5.87. The van der Waals surface area contributed by atoms with Gasteiger partial charge in [-0.3, -0.25) is 0 Å². The molecule has 0 rings (SSSR count). The summed E-state index contributed by atoms with van der Waals surface area (Å²) in [6.07, 6.45) is 1.41. The molecule has 0 fully saturated rings. The van der Waals surface area contributed by atoms with Gasteiger partial charge in [0.25, 0.3) is 0 Å². The quantitative estimate of drug-likeness (QED) is 0.318. The largest absolute Gasteiger partial charge is 0.422 e. The van der Waals surface area contributed by atoms with E-state index in [9.17, 15) is 9.13 Å². The third kappa shape index (κ3) is 5.48. The highest BCUT2D eigenvalue weighted by atomic mass is 32.2. The molecular formula is C4H13NO6P2S. The number of hydrogen-bond acceptors (Lipinski definition) is 3. The van der Waals surface area contributed by atoms with Crippen LogP contribution in [0, 0.1) is 0 Å². The molecule has 0 bridgehead atoms. The monoisotopic (exact) mass is 265 g/mol. The van der Waals surface area contributed by atoms with Crippen molar-refractivity contribution < 1.29 is 28.7 Å². The van der Waals surface area contributed by atoms with Crippen LogP contribution in [0.1, 0.15) is 19.8 Å². The molecule has 0 aromatic heterocycles. The summed E-state index contributed by atoms with van der Waals surface area (Å²) in [6.45, 7) is 1.86. The zero-order valence-corrected chi connectivity index (χ0v) is 10.1. The molecule has 86 valence electrons. The molecule has 0 amide bonds. The topological polar surface area (TPSA) is 118 Å². The van der Waals surface area contributed by atoms with Gasteiger partial charge in [-0.2, -0.15) is 0 Å². The molecule has 0 aliphatic heterocycles. The molecule has 4 N–H and O–H groups in total. The van der Waals surface area contributed by atoms with E-state index >= 15 is 0 Å². The average molecular weight is 265 g/mol. The van der Waals surface area contributed by atoms with Crippen molar-refractivity contribution >= 4 is 27.4 Å². The van der Waals surface area contributed by atoms with Crippen molar-refractivity contribution in [2.24, 2.45) is 0 Å². The first kappa shape index (κ1) is 14.6. The van der Waals surface area contributed by atoms with Crippen molar-refractivity contribution in [1.82, 2.24) is 3.85 Å². The second-order valence-electron chi connectivity index (χ2n) is 2.47. The first-order valence-electron chi connectivity index (χ1n) is 3.74. The van der Waals surface area contributed by atoms with Crippen LogP contribution in [0.5, 0.6) is 0 Å². The normalized spacial score (nSPS) is 13.6. The van der Waals surface area contributed by atoms with Crippen LogP contribution in [-0.4, -0.2) is 29.2 Å². The molecule has 7 nitrogen and oxygen atoms in total. The summed E-state index contributed by atoms with van der Waals surface area (Å²) < 4.78 is 21.2. The Morgan fingerprint density at radius 2 is 1.57 bits per heavy atom. The first-order valence-corrected chi connectivity index (χ1v) is 7.82. The van der Waals surface area contributed by atoms with Crippen molar-refractivity contribution in [2.75, 3.05) is 5.75 Å². The predicted octanol–water partition coefficient (Wildman–Crippen LogP) is 0.922. The second kappa shape index (κ2) is 5.63. The molecule has 0 spiro atoms. The first-order chi connectivity index (χ1) is 6.19. The molecule has 0 heterocycles. The Morgan fingerprint density at radius 3 is 1.86 bits per heavy atom. The van der Waals surface area contributed by atoms with Crippen LogP contribution in [-0.2, 0) is 9.13 Å². The van der Waals surface area contributed by atoms with Crippen molar-refractivity contribution in [3.8, 4) is 0 Å². The molecule has 0 saturated carbocycles. The van der Waals surface area contributed by atoms with E-state index in [0.717, 1.165) is 6.42 Å². The molecule has 0 aromatic rings. The number of rotatable bonds is 6. The van der Waals surface area contributed by atoms with Gasteiger partial charge in [-0.25, -0.2) is 9.13 Å². The van der Waals surface area contributed by atoms with Gasteiger partial charge in [0.15, 0.2) is 0 Å². The lowest BCUT2D eigenvalue weighted by molar-refractivity contribution is 0.310. The third-order valence-corrected chi connectivity index (χ3v) is 6.11. The summed E-state index contributed by atoms with van der Waals surface area (Å²) in [5, 5.41) is 0. The van der Waals surface area contributed by atoms with E-state index in [1.54, 1.807) is 0 Å². The third-order valence-electron chi connectivity index (χ3n) is 1.15. The van der Waals surface area contributed by atoms with Gasteiger partial charge < -0.3 is 19.6 Å². The van der Waals surface area contributed by atoms with Gasteiger partial charge in [0.05, 0.1) is 0 Å². The highest BCUT2D eigenvalue weighted by Crippen LogP contribution is 2.62. The second-order valence-corrected chi connectivity index (χ2v) is 7.21. The van der Waals surface area contributed by atoms with Gasteiger partial charge in [0.2, 0.25) is 0 Å². The fourth-order valence-electron chi connectivity index (χ4n) is 0.593. The molecule has 0 atom stereocenters. The summed E-state index contributed by atoms with van der Waals surface area (Å²) in [6, 6.07) is 0. The lowest BCUT2D eigenvalue weighted by Gasteiger charge is -2.21. The maximum Gasteiger partial charge on any atom is 0.422 e. The van der Waals surface area contributed by atoms with Crippen LogP contribution in [0.2, 0.25) is 0 Å². The smallest absolute Gasteiger partial charge is 0.312 e. The maximum atomic E-state index is 10.7. The van der Waals surface area contributed by atoms with Crippen LogP contribution >= 0.6 is 27.4 Å². The minimum atomic E-state index is -4.90. The molecule has 0 aliphatic rings. The standard InChI is InChI=1S/C4H13NO6P2S/c1-2-3-4-14-5(12(6,7)8)13(9,10)11/h2-4H2,1H3,(H2,6,7,8)(H2,9,10,11). The van der Waals surface area contributed by atoms with Crippen LogP contribution in [0.4, 0.5) is 0 Å². The molecule has 0 radical (unpaired) electrons. The highest BCUT2D eigenvalue weighted by molar-refractivity contribution is 8.06. The van der Waals surface area contributed by atoms with E-state index in [1.165, 1.54) is 0 Å². The van der Waals surface area contributed by atoms with E-state index in [-0.39, 0.29) is 9.60 Å². The number of unbranched alkanes of at least 4 members (excludes halogenated alkanes) is 1. The molecule has 10 heteroatoms. The van der Waals surface area contributed by atoms with Gasteiger partial charge >= 0.3 is 15.5 Å². The van der Waals surface area contributed by atoms with Gasteiger partial charge in [-0.05, 0) is 6.42 Å². The Hall–Kier alpha value is 0.610. The Bertz CT molecular complexity index is 239. The summed E-state index contributed by atoms with van der Waals surface area (Å²) in [4.78, 5) is 34.5. The molecule has 0 saturated heterocycles. The lowest BCUT2D eigenvalue weighted by Crippen LogP contribution is -2.09. The lowest BCUT2D eigenvalue weighted by atomic mass is 10.4. The SMILES string of the molecule is CCCCSN(P(=O)(O)O)P(=O)(O)O. The fraction of sp³-hybridized carbons (Fsp3) is 1.00. The van der Waals surface area contributed by atoms with Crippen LogP contribution < -0.4 is 0 Å². The van der Waals surface area contributed by atoms with Crippen LogP contribution in [0.25, 0.3) is 0 Å².